The van der Waals surface area contributed by atoms with Gasteiger partial charge < -0.3 is 10.3 Å². The highest BCUT2D eigenvalue weighted by molar-refractivity contribution is 9.10. The maximum atomic E-state index is 12.2. The lowest BCUT2D eigenvalue weighted by Crippen LogP contribution is -2.37. The number of carbonyl (C=O) groups excluding carboxylic acids is 1. The Balaban J connectivity index is 2.86. The van der Waals surface area contributed by atoms with Gasteiger partial charge in [-0.1, -0.05) is 33.6 Å². The third kappa shape index (κ3) is 4.47. The van der Waals surface area contributed by atoms with E-state index in [2.05, 4.69) is 33.2 Å². The van der Waals surface area contributed by atoms with Gasteiger partial charge in [0.15, 0.2) is 0 Å². The summed E-state index contributed by atoms with van der Waals surface area (Å²) in [6, 6.07) is 1.74. The van der Waals surface area contributed by atoms with Crippen molar-refractivity contribution in [3.05, 3.63) is 32.2 Å². The van der Waals surface area contributed by atoms with Crippen LogP contribution in [0.15, 0.2) is 15.3 Å². The molecular weight excluding hydrogens is 320 g/mol. The Morgan fingerprint density at radius 1 is 1.40 bits per heavy atom. The van der Waals surface area contributed by atoms with Gasteiger partial charge in [-0.3, -0.25) is 9.59 Å². The minimum Gasteiger partial charge on any atom is -0.349 e. The number of carbonyl (C=O) groups is 1. The predicted octanol–water partition coefficient (Wildman–Crippen LogP) is 3.40. The monoisotopic (exact) mass is 342 g/mol. The van der Waals surface area contributed by atoms with Gasteiger partial charge in [0, 0.05) is 16.2 Å². The molecule has 2 N–H and O–H groups in total. The molecule has 0 saturated carbocycles. The molecule has 1 aromatic rings. The quantitative estimate of drug-likeness (QED) is 0.797. The zero-order valence-electron chi connectivity index (χ0n) is 12.4. The summed E-state index contributed by atoms with van der Waals surface area (Å²) in [6.45, 7) is 6.12. The summed E-state index contributed by atoms with van der Waals surface area (Å²) in [6.07, 6.45) is 4.71. The summed E-state index contributed by atoms with van der Waals surface area (Å²) >= 11 is 3.38. The van der Waals surface area contributed by atoms with Crippen molar-refractivity contribution in [2.24, 2.45) is 0 Å². The molecule has 5 heteroatoms. The van der Waals surface area contributed by atoms with Crippen LogP contribution in [-0.4, -0.2) is 16.9 Å². The van der Waals surface area contributed by atoms with Gasteiger partial charge in [-0.05, 0) is 41.3 Å². The van der Waals surface area contributed by atoms with E-state index in [9.17, 15) is 9.59 Å². The Hall–Kier alpha value is -1.10. The molecule has 1 rings (SSSR count). The van der Waals surface area contributed by atoms with E-state index in [1.807, 2.05) is 13.8 Å². The van der Waals surface area contributed by atoms with Crippen LogP contribution in [-0.2, 0) is 6.42 Å². The van der Waals surface area contributed by atoms with Crippen molar-refractivity contribution in [2.75, 3.05) is 0 Å². The molecule has 1 amide bonds. The number of rotatable bonds is 7. The summed E-state index contributed by atoms with van der Waals surface area (Å²) in [7, 11) is 0. The van der Waals surface area contributed by atoms with E-state index in [1.54, 1.807) is 6.07 Å². The fraction of sp³-hybridized carbons (Fsp3) is 0.600. The molecule has 0 aliphatic carbocycles. The number of halogens is 1. The van der Waals surface area contributed by atoms with Crippen LogP contribution < -0.4 is 10.9 Å². The number of aromatic amines is 1. The van der Waals surface area contributed by atoms with Crippen LogP contribution >= 0.6 is 15.9 Å². The standard InChI is InChI=1S/C15H23BrN2O2/c1-4-7-8-10(5-2)17-14(19)11-9-12(16)13(6-3)18-15(11)20/h9-10H,4-8H2,1-3H3,(H,17,19)(H,18,20)/t10-/m1/s1. The van der Waals surface area contributed by atoms with E-state index in [0.717, 1.165) is 35.8 Å². The van der Waals surface area contributed by atoms with Crippen LogP contribution in [0, 0.1) is 0 Å². The van der Waals surface area contributed by atoms with E-state index < -0.39 is 0 Å². The molecule has 0 bridgehead atoms. The number of amides is 1. The second-order valence-corrected chi connectivity index (χ2v) is 5.77. The lowest BCUT2D eigenvalue weighted by Gasteiger charge is -2.16. The van der Waals surface area contributed by atoms with Gasteiger partial charge in [-0.2, -0.15) is 0 Å². The lowest BCUT2D eigenvalue weighted by molar-refractivity contribution is 0.0931. The van der Waals surface area contributed by atoms with E-state index in [1.165, 1.54) is 0 Å². The van der Waals surface area contributed by atoms with Crippen molar-refractivity contribution in [1.82, 2.24) is 10.3 Å². The number of H-pyrrole nitrogens is 1. The average Bonchev–Trinajstić information content (AvgIpc) is 2.44. The highest BCUT2D eigenvalue weighted by atomic mass is 79.9. The first-order chi connectivity index (χ1) is 9.53. The Kier molecular flexibility index (Phi) is 6.99. The number of aryl methyl sites for hydroxylation is 1. The third-order valence-electron chi connectivity index (χ3n) is 3.40. The first-order valence-corrected chi connectivity index (χ1v) is 8.05. The largest absolute Gasteiger partial charge is 0.349 e. The Labute approximate surface area is 128 Å². The molecule has 0 radical (unpaired) electrons. The molecule has 1 heterocycles. The molecule has 0 fully saturated rings. The van der Waals surface area contributed by atoms with E-state index >= 15 is 0 Å². The van der Waals surface area contributed by atoms with E-state index in [0.29, 0.717) is 6.42 Å². The maximum Gasteiger partial charge on any atom is 0.261 e. The number of pyridine rings is 1. The normalized spacial score (nSPS) is 12.2. The molecule has 1 aromatic heterocycles. The third-order valence-corrected chi connectivity index (χ3v) is 4.11. The van der Waals surface area contributed by atoms with Crippen LogP contribution in [0.25, 0.3) is 0 Å². The smallest absolute Gasteiger partial charge is 0.261 e. The number of hydrogen-bond acceptors (Lipinski definition) is 2. The summed E-state index contributed by atoms with van der Waals surface area (Å²) < 4.78 is 0.770. The summed E-state index contributed by atoms with van der Waals surface area (Å²) in [5.74, 6) is -0.294. The van der Waals surface area contributed by atoms with Crippen molar-refractivity contribution in [3.8, 4) is 0 Å². The second-order valence-electron chi connectivity index (χ2n) is 4.91. The van der Waals surface area contributed by atoms with Crippen LogP contribution in [0.5, 0.6) is 0 Å². The maximum absolute atomic E-state index is 12.2. The van der Waals surface area contributed by atoms with E-state index in [4.69, 9.17) is 0 Å². The number of hydrogen-bond donors (Lipinski definition) is 2. The fourth-order valence-corrected chi connectivity index (χ4v) is 2.67. The molecule has 112 valence electrons. The Morgan fingerprint density at radius 2 is 2.10 bits per heavy atom. The van der Waals surface area contributed by atoms with Crippen molar-refractivity contribution in [1.29, 1.82) is 0 Å². The van der Waals surface area contributed by atoms with Crippen LogP contribution in [0.4, 0.5) is 0 Å². The second kappa shape index (κ2) is 8.25. The average molecular weight is 343 g/mol. The molecule has 0 aliphatic rings. The van der Waals surface area contributed by atoms with Gasteiger partial charge in [0.1, 0.15) is 5.56 Å². The zero-order valence-corrected chi connectivity index (χ0v) is 14.0. The van der Waals surface area contributed by atoms with Crippen molar-refractivity contribution in [2.45, 2.75) is 58.9 Å². The van der Waals surface area contributed by atoms with Gasteiger partial charge in [0.2, 0.25) is 0 Å². The summed E-state index contributed by atoms with van der Waals surface area (Å²) in [5, 5.41) is 2.94. The molecule has 0 unspecified atom stereocenters. The number of nitrogens with one attached hydrogen (secondary N) is 2. The molecule has 20 heavy (non-hydrogen) atoms. The first kappa shape index (κ1) is 17.0. The van der Waals surface area contributed by atoms with Gasteiger partial charge in [0.25, 0.3) is 11.5 Å². The van der Waals surface area contributed by atoms with Crippen LogP contribution in [0.2, 0.25) is 0 Å². The number of aromatic nitrogens is 1. The minimum absolute atomic E-state index is 0.131. The molecule has 4 nitrogen and oxygen atoms in total. The van der Waals surface area contributed by atoms with Crippen molar-refractivity contribution < 1.29 is 4.79 Å². The first-order valence-electron chi connectivity index (χ1n) is 7.25. The van der Waals surface area contributed by atoms with Crippen LogP contribution in [0.3, 0.4) is 0 Å². The zero-order chi connectivity index (χ0) is 15.1. The van der Waals surface area contributed by atoms with Gasteiger partial charge in [-0.15, -0.1) is 0 Å². The van der Waals surface area contributed by atoms with E-state index in [-0.39, 0.29) is 23.1 Å². The van der Waals surface area contributed by atoms with Crippen molar-refractivity contribution in [3.63, 3.8) is 0 Å². The summed E-state index contributed by atoms with van der Waals surface area (Å²) in [4.78, 5) is 26.9. The van der Waals surface area contributed by atoms with Gasteiger partial charge >= 0.3 is 0 Å². The highest BCUT2D eigenvalue weighted by Gasteiger charge is 2.16. The topological polar surface area (TPSA) is 62.0 Å². The van der Waals surface area contributed by atoms with Gasteiger partial charge in [0.05, 0.1) is 0 Å². The fourth-order valence-electron chi connectivity index (χ4n) is 2.06. The minimum atomic E-state index is -0.326. The van der Waals surface area contributed by atoms with Crippen LogP contribution in [0.1, 0.15) is 62.5 Å². The van der Waals surface area contributed by atoms with Gasteiger partial charge in [-0.25, -0.2) is 0 Å². The molecular formula is C15H23BrN2O2. The number of unbranched alkanes of at least 4 members (excludes halogenated alkanes) is 1. The Morgan fingerprint density at radius 3 is 2.65 bits per heavy atom. The molecule has 0 aliphatic heterocycles. The SMILES string of the molecule is CCCC[C@@H](CC)NC(=O)c1cc(Br)c(CC)[nH]c1=O. The Bertz CT molecular complexity index is 511. The predicted molar refractivity (Wildman–Crippen MR) is 85.2 cm³/mol. The molecule has 1 atom stereocenters. The summed E-state index contributed by atoms with van der Waals surface area (Å²) in [5.41, 5.74) is 0.654. The highest BCUT2D eigenvalue weighted by Crippen LogP contribution is 2.14. The lowest BCUT2D eigenvalue weighted by atomic mass is 10.1. The molecule has 0 aromatic carbocycles. The molecule has 0 saturated heterocycles. The molecule has 0 spiro atoms. The van der Waals surface area contributed by atoms with Crippen molar-refractivity contribution >= 4 is 21.8 Å².